The maximum absolute atomic E-state index is 12.5. The van der Waals surface area contributed by atoms with E-state index in [0.29, 0.717) is 27.3 Å². The largest absolute Gasteiger partial charge is 0.337 e. The molecule has 0 aliphatic carbocycles. The maximum atomic E-state index is 12.5. The molecule has 0 fully saturated rings. The SMILES string of the molecule is Cc1ccc(C(=O)N(C)Cc2nc(-c3ccc(Cl)cc3)no2)c(Cl)c1. The van der Waals surface area contributed by atoms with Gasteiger partial charge in [-0.25, -0.2) is 0 Å². The Morgan fingerprint density at radius 2 is 1.88 bits per heavy atom. The van der Waals surface area contributed by atoms with E-state index in [0.717, 1.165) is 11.1 Å². The molecule has 0 saturated heterocycles. The van der Waals surface area contributed by atoms with E-state index < -0.39 is 0 Å². The molecule has 1 amide bonds. The van der Waals surface area contributed by atoms with Crippen molar-refractivity contribution in [3.8, 4) is 11.4 Å². The van der Waals surface area contributed by atoms with Crippen molar-refractivity contribution in [2.75, 3.05) is 7.05 Å². The smallest absolute Gasteiger partial charge is 0.255 e. The van der Waals surface area contributed by atoms with Gasteiger partial charge < -0.3 is 9.42 Å². The zero-order chi connectivity index (χ0) is 18.0. The first-order valence-electron chi connectivity index (χ1n) is 7.54. The van der Waals surface area contributed by atoms with Gasteiger partial charge in [0.15, 0.2) is 0 Å². The number of hydrogen-bond donors (Lipinski definition) is 0. The fourth-order valence-electron chi connectivity index (χ4n) is 2.31. The van der Waals surface area contributed by atoms with Gasteiger partial charge in [-0.1, -0.05) is 34.4 Å². The van der Waals surface area contributed by atoms with Crippen LogP contribution in [-0.4, -0.2) is 28.0 Å². The lowest BCUT2D eigenvalue weighted by Gasteiger charge is -2.15. The van der Waals surface area contributed by atoms with Gasteiger partial charge in [-0.3, -0.25) is 4.79 Å². The van der Waals surface area contributed by atoms with Gasteiger partial charge in [0.2, 0.25) is 11.7 Å². The summed E-state index contributed by atoms with van der Waals surface area (Å²) in [5.74, 6) is 0.571. The van der Waals surface area contributed by atoms with E-state index in [1.54, 1.807) is 43.4 Å². The van der Waals surface area contributed by atoms with Crippen molar-refractivity contribution in [3.63, 3.8) is 0 Å². The highest BCUT2D eigenvalue weighted by molar-refractivity contribution is 6.33. The second-order valence-corrected chi connectivity index (χ2v) is 6.51. The number of aryl methyl sites for hydroxylation is 1. The van der Waals surface area contributed by atoms with Crippen molar-refractivity contribution in [3.05, 3.63) is 69.5 Å². The van der Waals surface area contributed by atoms with Crippen molar-refractivity contribution >= 4 is 29.1 Å². The molecule has 0 bridgehead atoms. The molecule has 0 spiro atoms. The molecule has 0 saturated carbocycles. The summed E-state index contributed by atoms with van der Waals surface area (Å²) >= 11 is 12.0. The summed E-state index contributed by atoms with van der Waals surface area (Å²) in [4.78, 5) is 18.3. The van der Waals surface area contributed by atoms with Crippen LogP contribution in [-0.2, 0) is 6.54 Å². The molecule has 1 heterocycles. The van der Waals surface area contributed by atoms with Crippen molar-refractivity contribution in [2.24, 2.45) is 0 Å². The molecule has 3 aromatic rings. The van der Waals surface area contributed by atoms with Crippen LogP contribution >= 0.6 is 23.2 Å². The molecule has 0 atom stereocenters. The monoisotopic (exact) mass is 375 g/mol. The number of rotatable bonds is 4. The number of benzene rings is 2. The highest BCUT2D eigenvalue weighted by Gasteiger charge is 2.18. The fraction of sp³-hybridized carbons (Fsp3) is 0.167. The lowest BCUT2D eigenvalue weighted by molar-refractivity contribution is 0.0770. The van der Waals surface area contributed by atoms with Gasteiger partial charge in [0, 0.05) is 17.6 Å². The first-order chi connectivity index (χ1) is 11.9. The van der Waals surface area contributed by atoms with Gasteiger partial charge in [-0.05, 0) is 48.9 Å². The Labute approximate surface area is 155 Å². The summed E-state index contributed by atoms with van der Waals surface area (Å²) in [7, 11) is 1.66. The number of carbonyl (C=O) groups excluding carboxylic acids is 1. The predicted octanol–water partition coefficient (Wildman–Crippen LogP) is 4.62. The van der Waals surface area contributed by atoms with E-state index in [-0.39, 0.29) is 12.5 Å². The Morgan fingerprint density at radius 3 is 2.56 bits per heavy atom. The third-order valence-corrected chi connectivity index (χ3v) is 4.21. The number of nitrogens with zero attached hydrogens (tertiary/aromatic N) is 3. The van der Waals surface area contributed by atoms with Crippen molar-refractivity contribution in [1.29, 1.82) is 0 Å². The summed E-state index contributed by atoms with van der Waals surface area (Å²) in [5.41, 5.74) is 2.22. The Kier molecular flexibility index (Phi) is 5.06. The van der Waals surface area contributed by atoms with Crippen molar-refractivity contribution in [2.45, 2.75) is 13.5 Å². The van der Waals surface area contributed by atoms with Crippen LogP contribution in [0.4, 0.5) is 0 Å². The summed E-state index contributed by atoms with van der Waals surface area (Å²) in [6, 6.07) is 12.4. The van der Waals surface area contributed by atoms with Gasteiger partial charge in [0.25, 0.3) is 5.91 Å². The van der Waals surface area contributed by atoms with Crippen LogP contribution in [0.25, 0.3) is 11.4 Å². The average molecular weight is 376 g/mol. The Bertz CT molecular complexity index is 907. The van der Waals surface area contributed by atoms with E-state index in [2.05, 4.69) is 10.1 Å². The Morgan fingerprint density at radius 1 is 1.16 bits per heavy atom. The summed E-state index contributed by atoms with van der Waals surface area (Å²) in [5, 5.41) is 4.99. The first-order valence-corrected chi connectivity index (χ1v) is 8.30. The van der Waals surface area contributed by atoms with E-state index in [1.807, 2.05) is 13.0 Å². The average Bonchev–Trinajstić information content (AvgIpc) is 3.03. The van der Waals surface area contributed by atoms with E-state index in [9.17, 15) is 4.79 Å². The van der Waals surface area contributed by atoms with Gasteiger partial charge >= 0.3 is 0 Å². The summed E-state index contributed by atoms with van der Waals surface area (Å²) in [6.45, 7) is 2.10. The van der Waals surface area contributed by atoms with Crippen molar-refractivity contribution in [1.82, 2.24) is 15.0 Å². The number of halogens is 2. The fourth-order valence-corrected chi connectivity index (χ4v) is 2.75. The molecule has 3 rings (SSSR count). The number of aromatic nitrogens is 2. The van der Waals surface area contributed by atoms with Gasteiger partial charge in [-0.15, -0.1) is 0 Å². The maximum Gasteiger partial charge on any atom is 0.255 e. The third kappa shape index (κ3) is 4.00. The highest BCUT2D eigenvalue weighted by Crippen LogP contribution is 2.21. The molecular formula is C18H15Cl2N3O2. The molecule has 0 radical (unpaired) electrons. The van der Waals surface area contributed by atoms with E-state index >= 15 is 0 Å². The minimum atomic E-state index is -0.212. The Hall–Kier alpha value is -2.37. The summed E-state index contributed by atoms with van der Waals surface area (Å²) < 4.78 is 5.23. The molecule has 0 aliphatic rings. The van der Waals surface area contributed by atoms with Crippen LogP contribution in [0.2, 0.25) is 10.0 Å². The van der Waals surface area contributed by atoms with Crippen LogP contribution < -0.4 is 0 Å². The van der Waals surface area contributed by atoms with Crippen LogP contribution in [0, 0.1) is 6.92 Å². The predicted molar refractivity (Wildman–Crippen MR) is 96.7 cm³/mol. The van der Waals surface area contributed by atoms with Crippen LogP contribution in [0.1, 0.15) is 21.8 Å². The molecule has 0 N–H and O–H groups in total. The summed E-state index contributed by atoms with van der Waals surface area (Å²) in [6.07, 6.45) is 0. The zero-order valence-electron chi connectivity index (χ0n) is 13.7. The molecular weight excluding hydrogens is 361 g/mol. The van der Waals surface area contributed by atoms with E-state index in [4.69, 9.17) is 27.7 Å². The molecule has 128 valence electrons. The van der Waals surface area contributed by atoms with Gasteiger partial charge in [-0.2, -0.15) is 4.98 Å². The van der Waals surface area contributed by atoms with Crippen molar-refractivity contribution < 1.29 is 9.32 Å². The topological polar surface area (TPSA) is 59.2 Å². The molecule has 7 heteroatoms. The van der Waals surface area contributed by atoms with Crippen LogP contribution in [0.15, 0.2) is 47.0 Å². The second-order valence-electron chi connectivity index (χ2n) is 5.66. The molecule has 2 aromatic carbocycles. The number of hydrogen-bond acceptors (Lipinski definition) is 4. The lowest BCUT2D eigenvalue weighted by Crippen LogP contribution is -2.26. The minimum Gasteiger partial charge on any atom is -0.337 e. The standard InChI is InChI=1S/C18H15Cl2N3O2/c1-11-3-8-14(15(20)9-11)18(24)23(2)10-16-21-17(22-25-16)12-4-6-13(19)7-5-12/h3-9H,10H2,1-2H3. The molecule has 0 aliphatic heterocycles. The quantitative estimate of drug-likeness (QED) is 0.667. The second kappa shape index (κ2) is 7.25. The van der Waals surface area contributed by atoms with Crippen LogP contribution in [0.5, 0.6) is 0 Å². The van der Waals surface area contributed by atoms with Gasteiger partial charge in [0.05, 0.1) is 17.1 Å². The zero-order valence-corrected chi connectivity index (χ0v) is 15.2. The molecule has 1 aromatic heterocycles. The number of amides is 1. The van der Waals surface area contributed by atoms with Gasteiger partial charge in [0.1, 0.15) is 0 Å². The molecule has 0 unspecified atom stereocenters. The minimum absolute atomic E-state index is 0.184. The Balaban J connectivity index is 1.74. The number of carbonyl (C=O) groups is 1. The third-order valence-electron chi connectivity index (χ3n) is 3.64. The van der Waals surface area contributed by atoms with Crippen LogP contribution in [0.3, 0.4) is 0 Å². The molecule has 25 heavy (non-hydrogen) atoms. The van der Waals surface area contributed by atoms with E-state index in [1.165, 1.54) is 4.90 Å². The highest BCUT2D eigenvalue weighted by atomic mass is 35.5. The normalized spacial score (nSPS) is 10.7. The lowest BCUT2D eigenvalue weighted by atomic mass is 10.1. The molecule has 5 nitrogen and oxygen atoms in total. The first kappa shape index (κ1) is 17.5.